The molecule has 0 aliphatic heterocycles. The number of hydrogen-bond acceptors (Lipinski definition) is 3. The predicted molar refractivity (Wildman–Crippen MR) is 67.2 cm³/mol. The van der Waals surface area contributed by atoms with E-state index in [-0.39, 0.29) is 6.67 Å². The van der Waals surface area contributed by atoms with Gasteiger partial charge in [-0.1, -0.05) is 0 Å². The summed E-state index contributed by atoms with van der Waals surface area (Å²) in [4.78, 5) is 1.11. The normalized spacial score (nSPS) is 10.5. The summed E-state index contributed by atoms with van der Waals surface area (Å²) in [5.41, 5.74) is 7.65. The fourth-order valence-electron chi connectivity index (χ4n) is 1.67. The number of nitrogens with two attached hydrogens (primary N) is 1. The zero-order valence-electron chi connectivity index (χ0n) is 9.75. The summed E-state index contributed by atoms with van der Waals surface area (Å²) >= 11 is 1.63. The Labute approximate surface area is 100 Å². The minimum Gasteiger partial charge on any atom is -0.496 e. The second-order valence-electron chi connectivity index (χ2n) is 3.45. The monoisotopic (exact) mass is 243 g/mol. The van der Waals surface area contributed by atoms with Gasteiger partial charge in [0, 0.05) is 11.3 Å². The molecule has 0 amide bonds. The lowest BCUT2D eigenvalue weighted by Gasteiger charge is -2.13. The maximum Gasteiger partial charge on any atom is 0.122 e. The fraction of sp³-hybridized carbons (Fsp3) is 0.500. The molecule has 0 saturated heterocycles. The van der Waals surface area contributed by atoms with E-state index in [1.165, 1.54) is 0 Å². The molecule has 1 aromatic rings. The molecule has 16 heavy (non-hydrogen) atoms. The van der Waals surface area contributed by atoms with E-state index in [0.717, 1.165) is 28.2 Å². The third kappa shape index (κ3) is 3.12. The summed E-state index contributed by atoms with van der Waals surface area (Å²) in [6.07, 6.45) is 3.22. The van der Waals surface area contributed by atoms with Crippen LogP contribution in [0, 0.1) is 0 Å². The maximum atomic E-state index is 12.4. The van der Waals surface area contributed by atoms with Crippen molar-refractivity contribution in [3.63, 3.8) is 0 Å². The molecule has 0 aliphatic rings. The maximum absolute atomic E-state index is 12.4. The number of aryl methyl sites for hydroxylation is 1. The quantitative estimate of drug-likeness (QED) is 0.779. The lowest BCUT2D eigenvalue weighted by Crippen LogP contribution is -2.05. The Hall–Kier alpha value is -0.740. The van der Waals surface area contributed by atoms with Crippen LogP contribution in [0.2, 0.25) is 0 Å². The molecule has 4 heteroatoms. The van der Waals surface area contributed by atoms with Gasteiger partial charge in [-0.3, -0.25) is 4.39 Å². The molecule has 0 radical (unpaired) electrons. The van der Waals surface area contributed by atoms with Crippen molar-refractivity contribution >= 4 is 11.8 Å². The first-order valence-electron chi connectivity index (χ1n) is 5.26. The standard InChI is InChI=1S/C12H18FNOS/c1-15-11-7-10(3-5-13)12(16-2)8-9(11)4-6-14/h7-8H,3-6,14H2,1-2H3. The van der Waals surface area contributed by atoms with Crippen LogP contribution in [-0.4, -0.2) is 26.6 Å². The van der Waals surface area contributed by atoms with E-state index in [2.05, 4.69) is 6.07 Å². The highest BCUT2D eigenvalue weighted by atomic mass is 32.2. The molecule has 0 fully saturated rings. The SMILES string of the molecule is COc1cc(CCF)c(SC)cc1CCN. The minimum atomic E-state index is -0.340. The van der Waals surface area contributed by atoms with Gasteiger partial charge in [0.1, 0.15) is 5.75 Å². The van der Waals surface area contributed by atoms with Crippen molar-refractivity contribution < 1.29 is 9.13 Å². The Morgan fingerprint density at radius 2 is 2.06 bits per heavy atom. The van der Waals surface area contributed by atoms with Gasteiger partial charge in [0.25, 0.3) is 0 Å². The van der Waals surface area contributed by atoms with Gasteiger partial charge in [-0.05, 0) is 42.5 Å². The smallest absolute Gasteiger partial charge is 0.122 e. The number of rotatable bonds is 6. The van der Waals surface area contributed by atoms with Crippen molar-refractivity contribution in [2.45, 2.75) is 17.7 Å². The Bertz CT molecular complexity index is 310. The molecule has 0 saturated carbocycles. The van der Waals surface area contributed by atoms with Gasteiger partial charge >= 0.3 is 0 Å². The summed E-state index contributed by atoms with van der Waals surface area (Å²) in [5.74, 6) is 0.812. The highest BCUT2D eigenvalue weighted by Gasteiger charge is 2.09. The van der Waals surface area contributed by atoms with Crippen LogP contribution in [-0.2, 0) is 12.8 Å². The average Bonchev–Trinajstić information content (AvgIpc) is 2.31. The van der Waals surface area contributed by atoms with Crippen molar-refractivity contribution in [3.05, 3.63) is 23.3 Å². The molecule has 0 heterocycles. The Morgan fingerprint density at radius 1 is 1.31 bits per heavy atom. The molecular formula is C12H18FNOS. The summed E-state index contributed by atoms with van der Waals surface area (Å²) < 4.78 is 17.7. The van der Waals surface area contributed by atoms with Crippen LogP contribution in [0.4, 0.5) is 4.39 Å². The van der Waals surface area contributed by atoms with Crippen LogP contribution < -0.4 is 10.5 Å². The molecule has 2 N–H and O–H groups in total. The fourth-order valence-corrected chi connectivity index (χ4v) is 2.36. The Balaban J connectivity index is 3.11. The molecule has 1 rings (SSSR count). The number of halogens is 1. The summed E-state index contributed by atoms with van der Waals surface area (Å²) in [6.45, 7) is 0.250. The van der Waals surface area contributed by atoms with Crippen molar-refractivity contribution in [2.75, 3.05) is 26.6 Å². The lowest BCUT2D eigenvalue weighted by atomic mass is 10.1. The summed E-state index contributed by atoms with van der Waals surface area (Å²) in [5, 5.41) is 0. The Morgan fingerprint density at radius 3 is 2.56 bits per heavy atom. The zero-order chi connectivity index (χ0) is 12.0. The first-order chi connectivity index (χ1) is 7.76. The van der Waals surface area contributed by atoms with Crippen LogP contribution in [0.5, 0.6) is 5.75 Å². The lowest BCUT2D eigenvalue weighted by molar-refractivity contribution is 0.408. The topological polar surface area (TPSA) is 35.2 Å². The van der Waals surface area contributed by atoms with Crippen molar-refractivity contribution in [1.82, 2.24) is 0 Å². The van der Waals surface area contributed by atoms with Gasteiger partial charge in [-0.2, -0.15) is 0 Å². The largest absolute Gasteiger partial charge is 0.496 e. The zero-order valence-corrected chi connectivity index (χ0v) is 10.6. The van der Waals surface area contributed by atoms with Gasteiger partial charge in [0.2, 0.25) is 0 Å². The molecule has 90 valence electrons. The molecule has 0 atom stereocenters. The van der Waals surface area contributed by atoms with Crippen LogP contribution in [0.1, 0.15) is 11.1 Å². The first kappa shape index (κ1) is 13.3. The number of thioether (sulfide) groups is 1. The van der Waals surface area contributed by atoms with E-state index in [1.807, 2.05) is 12.3 Å². The van der Waals surface area contributed by atoms with E-state index in [1.54, 1.807) is 18.9 Å². The minimum absolute atomic E-state index is 0.340. The highest BCUT2D eigenvalue weighted by molar-refractivity contribution is 7.98. The average molecular weight is 243 g/mol. The van der Waals surface area contributed by atoms with Gasteiger partial charge < -0.3 is 10.5 Å². The van der Waals surface area contributed by atoms with Gasteiger partial charge in [0.15, 0.2) is 0 Å². The number of benzene rings is 1. The molecular weight excluding hydrogens is 225 g/mol. The van der Waals surface area contributed by atoms with Crippen LogP contribution in [0.3, 0.4) is 0 Å². The van der Waals surface area contributed by atoms with E-state index in [0.29, 0.717) is 13.0 Å². The van der Waals surface area contributed by atoms with E-state index >= 15 is 0 Å². The molecule has 0 aromatic heterocycles. The third-order valence-electron chi connectivity index (χ3n) is 2.46. The van der Waals surface area contributed by atoms with E-state index in [9.17, 15) is 4.39 Å². The Kier molecular flexibility index (Phi) is 5.63. The summed E-state index contributed by atoms with van der Waals surface area (Å²) in [6, 6.07) is 3.98. The van der Waals surface area contributed by atoms with Crippen LogP contribution in [0.15, 0.2) is 17.0 Å². The molecule has 2 nitrogen and oxygen atoms in total. The van der Waals surface area contributed by atoms with E-state index in [4.69, 9.17) is 10.5 Å². The van der Waals surface area contributed by atoms with Crippen molar-refractivity contribution in [1.29, 1.82) is 0 Å². The molecule has 0 aliphatic carbocycles. The van der Waals surface area contributed by atoms with Gasteiger partial charge in [0.05, 0.1) is 13.8 Å². The van der Waals surface area contributed by atoms with E-state index < -0.39 is 0 Å². The second-order valence-corrected chi connectivity index (χ2v) is 4.30. The molecule has 0 unspecified atom stereocenters. The van der Waals surface area contributed by atoms with Gasteiger partial charge in [-0.25, -0.2) is 0 Å². The van der Waals surface area contributed by atoms with Crippen LogP contribution >= 0.6 is 11.8 Å². The first-order valence-corrected chi connectivity index (χ1v) is 6.49. The van der Waals surface area contributed by atoms with Gasteiger partial charge in [-0.15, -0.1) is 11.8 Å². The molecule has 0 spiro atoms. The number of alkyl halides is 1. The third-order valence-corrected chi connectivity index (χ3v) is 3.28. The highest BCUT2D eigenvalue weighted by Crippen LogP contribution is 2.29. The second kappa shape index (κ2) is 6.76. The van der Waals surface area contributed by atoms with Crippen molar-refractivity contribution in [3.8, 4) is 5.75 Å². The predicted octanol–water partition coefficient (Wildman–Crippen LogP) is 2.43. The van der Waals surface area contributed by atoms with Crippen molar-refractivity contribution in [2.24, 2.45) is 5.73 Å². The number of ether oxygens (including phenoxy) is 1. The molecule has 1 aromatic carbocycles. The number of methoxy groups -OCH3 is 1. The molecule has 0 bridgehead atoms. The van der Waals surface area contributed by atoms with Crippen LogP contribution in [0.25, 0.3) is 0 Å². The summed E-state index contributed by atoms with van der Waals surface area (Å²) in [7, 11) is 1.63. The number of hydrogen-bond donors (Lipinski definition) is 1.